The van der Waals surface area contributed by atoms with Gasteiger partial charge >= 0.3 is 0 Å². The molecule has 0 spiro atoms. The minimum absolute atomic E-state index is 0.180. The molecule has 1 aromatic heterocycles. The lowest BCUT2D eigenvalue weighted by molar-refractivity contribution is -0.136. The van der Waals surface area contributed by atoms with Gasteiger partial charge in [0.15, 0.2) is 0 Å². The van der Waals surface area contributed by atoms with Gasteiger partial charge < -0.3 is 4.90 Å². The van der Waals surface area contributed by atoms with Gasteiger partial charge in [0.1, 0.15) is 5.41 Å². The Morgan fingerprint density at radius 3 is 2.75 bits per heavy atom. The molecule has 16 heavy (non-hydrogen) atoms. The van der Waals surface area contributed by atoms with Crippen molar-refractivity contribution < 1.29 is 4.79 Å². The van der Waals surface area contributed by atoms with Crippen LogP contribution < -0.4 is 0 Å². The van der Waals surface area contributed by atoms with E-state index in [1.165, 1.54) is 4.90 Å². The van der Waals surface area contributed by atoms with Gasteiger partial charge in [-0.2, -0.15) is 5.26 Å². The number of nitriles is 1. The number of hydrogen-bond acceptors (Lipinski definition) is 4. The molecule has 1 aromatic rings. The summed E-state index contributed by atoms with van der Waals surface area (Å²) in [5, 5.41) is 11.8. The monoisotopic (exact) mass is 237 g/mol. The van der Waals surface area contributed by atoms with Crippen molar-refractivity contribution >= 4 is 17.2 Å². The topological polar surface area (TPSA) is 57.0 Å². The van der Waals surface area contributed by atoms with Crippen LogP contribution in [0.4, 0.5) is 0 Å². The zero-order valence-corrected chi connectivity index (χ0v) is 10.8. The van der Waals surface area contributed by atoms with Crippen molar-refractivity contribution in [2.24, 2.45) is 5.41 Å². The molecule has 1 heterocycles. The third-order valence-electron chi connectivity index (χ3n) is 2.23. The van der Waals surface area contributed by atoms with Crippen LogP contribution in [0.2, 0.25) is 0 Å². The molecule has 0 aliphatic rings. The van der Waals surface area contributed by atoms with E-state index in [4.69, 9.17) is 5.26 Å². The Balaban J connectivity index is 2.70. The van der Waals surface area contributed by atoms with E-state index in [-0.39, 0.29) is 5.91 Å². The number of aryl methyl sites for hydroxylation is 1. The zero-order valence-electron chi connectivity index (χ0n) is 9.94. The molecule has 1 rings (SSSR count). The van der Waals surface area contributed by atoms with Gasteiger partial charge in [-0.15, -0.1) is 11.3 Å². The van der Waals surface area contributed by atoms with Gasteiger partial charge in [-0.05, 0) is 20.8 Å². The molecule has 0 aromatic carbocycles. The van der Waals surface area contributed by atoms with Crippen molar-refractivity contribution in [1.29, 1.82) is 5.26 Å². The lowest BCUT2D eigenvalue weighted by Crippen LogP contribution is -2.37. The summed E-state index contributed by atoms with van der Waals surface area (Å²) in [6.07, 6.45) is 0. The van der Waals surface area contributed by atoms with Crippen LogP contribution in [0, 0.1) is 23.7 Å². The van der Waals surface area contributed by atoms with Crippen LogP contribution in [-0.4, -0.2) is 22.8 Å². The minimum atomic E-state index is -0.972. The third-order valence-corrected chi connectivity index (χ3v) is 3.05. The Kier molecular flexibility index (Phi) is 3.66. The summed E-state index contributed by atoms with van der Waals surface area (Å²) in [6.45, 7) is 5.62. The molecule has 0 N–H and O–H groups in total. The van der Waals surface area contributed by atoms with Crippen LogP contribution >= 0.6 is 11.3 Å². The maximum absolute atomic E-state index is 11.9. The molecule has 0 unspecified atom stereocenters. The second-order valence-electron chi connectivity index (χ2n) is 4.26. The van der Waals surface area contributed by atoms with Gasteiger partial charge in [-0.3, -0.25) is 4.79 Å². The van der Waals surface area contributed by atoms with Gasteiger partial charge in [0.25, 0.3) is 0 Å². The van der Waals surface area contributed by atoms with Crippen molar-refractivity contribution in [3.63, 3.8) is 0 Å². The number of thiazole rings is 1. The fourth-order valence-electron chi connectivity index (χ4n) is 1.32. The van der Waals surface area contributed by atoms with Crippen LogP contribution in [0.1, 0.15) is 24.5 Å². The van der Waals surface area contributed by atoms with E-state index in [1.54, 1.807) is 32.2 Å². The Labute approximate surface area is 99.5 Å². The summed E-state index contributed by atoms with van der Waals surface area (Å²) in [7, 11) is 1.69. The predicted molar refractivity (Wildman–Crippen MR) is 62.7 cm³/mol. The highest BCUT2D eigenvalue weighted by molar-refractivity contribution is 7.09. The molecule has 86 valence electrons. The number of aromatic nitrogens is 1. The lowest BCUT2D eigenvalue weighted by atomic mass is 9.94. The third kappa shape index (κ3) is 2.80. The standard InChI is InChI=1S/C11H15N3OS/c1-8-13-9(6-16-8)5-14(4)10(15)11(2,3)7-12/h6H,5H2,1-4H3. The Morgan fingerprint density at radius 2 is 2.31 bits per heavy atom. The summed E-state index contributed by atoms with van der Waals surface area (Å²) in [4.78, 5) is 17.7. The van der Waals surface area contributed by atoms with Crippen LogP contribution in [-0.2, 0) is 11.3 Å². The normalized spacial score (nSPS) is 10.9. The summed E-state index contributed by atoms with van der Waals surface area (Å²) in [5.74, 6) is -0.180. The van der Waals surface area contributed by atoms with Gasteiger partial charge in [-0.1, -0.05) is 0 Å². The average molecular weight is 237 g/mol. The molecule has 0 saturated heterocycles. The molecule has 0 aliphatic heterocycles. The summed E-state index contributed by atoms with van der Waals surface area (Å²) in [6, 6.07) is 2.00. The van der Waals surface area contributed by atoms with E-state index >= 15 is 0 Å². The second kappa shape index (κ2) is 4.62. The molecule has 0 saturated carbocycles. The van der Waals surface area contributed by atoms with Crippen molar-refractivity contribution in [3.05, 3.63) is 16.1 Å². The number of hydrogen-bond donors (Lipinski definition) is 0. The summed E-state index contributed by atoms with van der Waals surface area (Å²) < 4.78 is 0. The van der Waals surface area contributed by atoms with Gasteiger partial charge in [-0.25, -0.2) is 4.98 Å². The van der Waals surface area contributed by atoms with Crippen LogP contribution in [0.15, 0.2) is 5.38 Å². The molecular weight excluding hydrogens is 222 g/mol. The molecule has 5 heteroatoms. The largest absolute Gasteiger partial charge is 0.338 e. The molecule has 0 fully saturated rings. The average Bonchev–Trinajstić information content (AvgIpc) is 2.62. The Hall–Kier alpha value is -1.41. The minimum Gasteiger partial charge on any atom is -0.338 e. The smallest absolute Gasteiger partial charge is 0.242 e. The molecule has 0 atom stereocenters. The van der Waals surface area contributed by atoms with Gasteiger partial charge in [0.05, 0.1) is 23.3 Å². The molecule has 0 aliphatic carbocycles. The summed E-state index contributed by atoms with van der Waals surface area (Å²) >= 11 is 1.56. The highest BCUT2D eigenvalue weighted by atomic mass is 32.1. The number of carbonyl (C=O) groups excluding carboxylic acids is 1. The highest BCUT2D eigenvalue weighted by Crippen LogP contribution is 2.18. The predicted octanol–water partition coefficient (Wildman–Crippen LogP) is 1.96. The first-order valence-corrected chi connectivity index (χ1v) is 5.82. The first-order chi connectivity index (χ1) is 7.36. The maximum atomic E-state index is 11.9. The van der Waals surface area contributed by atoms with Crippen molar-refractivity contribution in [2.45, 2.75) is 27.3 Å². The molecule has 4 nitrogen and oxygen atoms in total. The van der Waals surface area contributed by atoms with Crippen molar-refractivity contribution in [3.8, 4) is 6.07 Å². The van der Waals surface area contributed by atoms with Gasteiger partial charge in [0.2, 0.25) is 5.91 Å². The Bertz CT molecular complexity index is 431. The van der Waals surface area contributed by atoms with Crippen molar-refractivity contribution in [1.82, 2.24) is 9.88 Å². The van der Waals surface area contributed by atoms with Crippen molar-refractivity contribution in [2.75, 3.05) is 7.05 Å². The molecule has 0 radical (unpaired) electrons. The molecular formula is C11H15N3OS. The van der Waals surface area contributed by atoms with Crippen LogP contribution in [0.25, 0.3) is 0 Å². The number of carbonyl (C=O) groups is 1. The fraction of sp³-hybridized carbons (Fsp3) is 0.545. The van der Waals surface area contributed by atoms with E-state index in [1.807, 2.05) is 18.4 Å². The number of amides is 1. The highest BCUT2D eigenvalue weighted by Gasteiger charge is 2.30. The Morgan fingerprint density at radius 1 is 1.69 bits per heavy atom. The number of nitrogens with zero attached hydrogens (tertiary/aromatic N) is 3. The van der Waals surface area contributed by atoms with E-state index in [0.29, 0.717) is 6.54 Å². The van der Waals surface area contributed by atoms with Crippen LogP contribution in [0.5, 0.6) is 0 Å². The molecule has 1 amide bonds. The van der Waals surface area contributed by atoms with Gasteiger partial charge in [0, 0.05) is 12.4 Å². The quantitative estimate of drug-likeness (QED) is 0.807. The van der Waals surface area contributed by atoms with E-state index < -0.39 is 5.41 Å². The second-order valence-corrected chi connectivity index (χ2v) is 5.32. The van der Waals surface area contributed by atoms with E-state index in [2.05, 4.69) is 4.98 Å². The van der Waals surface area contributed by atoms with E-state index in [9.17, 15) is 4.79 Å². The SMILES string of the molecule is Cc1nc(CN(C)C(=O)C(C)(C)C#N)cs1. The first-order valence-electron chi connectivity index (χ1n) is 4.94. The van der Waals surface area contributed by atoms with E-state index in [0.717, 1.165) is 10.7 Å². The maximum Gasteiger partial charge on any atom is 0.242 e. The molecule has 0 bridgehead atoms. The number of rotatable bonds is 3. The fourth-order valence-corrected chi connectivity index (χ4v) is 1.92. The zero-order chi connectivity index (χ0) is 12.3. The summed E-state index contributed by atoms with van der Waals surface area (Å²) in [5.41, 5.74) is -0.105. The van der Waals surface area contributed by atoms with Crippen LogP contribution in [0.3, 0.4) is 0 Å². The first kappa shape index (κ1) is 12.7. The lowest BCUT2D eigenvalue weighted by Gasteiger charge is -2.23.